The third kappa shape index (κ3) is 6.46. The Balaban J connectivity index is 4.01. The molecule has 0 spiro atoms. The van der Waals surface area contributed by atoms with Crippen LogP contribution in [0.4, 0.5) is 0 Å². The first kappa shape index (κ1) is 11.1. The van der Waals surface area contributed by atoms with Gasteiger partial charge in [0.1, 0.15) is 0 Å². The summed E-state index contributed by atoms with van der Waals surface area (Å²) >= 11 is 0. The summed E-state index contributed by atoms with van der Waals surface area (Å²) in [4.78, 5) is 33.3. The first-order chi connectivity index (χ1) is 6.06. The van der Waals surface area contributed by atoms with E-state index < -0.39 is 18.2 Å². The number of esters is 1. The molecule has 0 aromatic heterocycles. The molecule has 0 rings (SSSR count). The molecule has 0 aliphatic rings. The Hall–Kier alpha value is -1.94. The maximum atomic E-state index is 10.7. The van der Waals surface area contributed by atoms with Gasteiger partial charge in [-0.15, -0.1) is 0 Å². The van der Waals surface area contributed by atoms with Crippen LogP contribution in [0, 0.1) is 0 Å². The van der Waals surface area contributed by atoms with E-state index in [1.807, 2.05) is 0 Å². The summed E-state index contributed by atoms with van der Waals surface area (Å²) in [5.74, 6) is -2.14. The second-order valence-corrected chi connectivity index (χ2v) is 1.93. The van der Waals surface area contributed by atoms with E-state index in [-0.39, 0.29) is 0 Å². The van der Waals surface area contributed by atoms with E-state index >= 15 is 0 Å². The fourth-order valence-corrected chi connectivity index (χ4v) is 0.447. The smallest absolute Gasteiger partial charge is 0.333 e. The van der Waals surface area contributed by atoms with Crippen molar-refractivity contribution in [2.45, 2.75) is 13.2 Å². The van der Waals surface area contributed by atoms with Crippen LogP contribution in [0.25, 0.3) is 0 Å². The van der Waals surface area contributed by atoms with Gasteiger partial charge in [-0.25, -0.2) is 14.4 Å². The molecule has 1 unspecified atom stereocenters. The van der Waals surface area contributed by atoms with Crippen molar-refractivity contribution in [1.82, 2.24) is 0 Å². The predicted octanol–water partition coefficient (Wildman–Crippen LogP) is -0.148. The number of isocyanates is 1. The topological polar surface area (TPSA) is 93.0 Å². The summed E-state index contributed by atoms with van der Waals surface area (Å²) in [6, 6.07) is 0. The van der Waals surface area contributed by atoms with E-state index in [9.17, 15) is 14.4 Å². The summed E-state index contributed by atoms with van der Waals surface area (Å²) in [6.45, 7) is 1.34. The summed E-state index contributed by atoms with van der Waals surface area (Å²) < 4.78 is 4.42. The molecule has 1 atom stereocenters. The van der Waals surface area contributed by atoms with Gasteiger partial charge < -0.3 is 9.84 Å². The van der Waals surface area contributed by atoms with Gasteiger partial charge in [-0.3, -0.25) is 0 Å². The molecule has 0 saturated heterocycles. The molecule has 1 N–H and O–H groups in total. The van der Waals surface area contributed by atoms with Crippen LogP contribution in [-0.4, -0.2) is 29.4 Å². The molecule has 13 heavy (non-hydrogen) atoms. The molecular formula is C7H7NO5. The molecule has 0 aromatic carbocycles. The molecular weight excluding hydrogens is 178 g/mol. The van der Waals surface area contributed by atoms with Gasteiger partial charge in [0.15, 0.2) is 0 Å². The zero-order valence-electron chi connectivity index (χ0n) is 6.76. The molecule has 0 aliphatic carbocycles. The molecule has 0 bridgehead atoms. The summed E-state index contributed by atoms with van der Waals surface area (Å²) in [7, 11) is 0. The number of carbonyl (C=O) groups excluding carboxylic acids is 2. The molecule has 0 aliphatic heterocycles. The number of carboxylic acid groups (broad SMARTS) is 1. The minimum atomic E-state index is -1.26. The van der Waals surface area contributed by atoms with Gasteiger partial charge in [-0.1, -0.05) is 0 Å². The fourth-order valence-electron chi connectivity index (χ4n) is 0.447. The standard InChI is InChI=1S/C7H7NO5/c1-5(8-4-9)13-7(12)3-2-6(10)11/h2-3,5H,1H3,(H,10,11)/b3-2+. The summed E-state index contributed by atoms with van der Waals surface area (Å²) in [6.07, 6.45) is 1.59. The zero-order chi connectivity index (χ0) is 10.3. The lowest BCUT2D eigenvalue weighted by Gasteiger charge is -2.02. The minimum absolute atomic E-state index is 0.625. The van der Waals surface area contributed by atoms with Gasteiger partial charge >= 0.3 is 11.9 Å². The van der Waals surface area contributed by atoms with Crippen LogP contribution in [-0.2, 0) is 19.1 Å². The number of ether oxygens (including phenoxy) is 1. The van der Waals surface area contributed by atoms with Crippen LogP contribution in [0.5, 0.6) is 0 Å². The highest BCUT2D eigenvalue weighted by Gasteiger charge is 2.03. The first-order valence-corrected chi connectivity index (χ1v) is 3.25. The highest BCUT2D eigenvalue weighted by molar-refractivity contribution is 5.90. The Kier molecular flexibility index (Phi) is 4.83. The van der Waals surface area contributed by atoms with Crippen molar-refractivity contribution in [1.29, 1.82) is 0 Å². The largest absolute Gasteiger partial charge is 0.478 e. The van der Waals surface area contributed by atoms with E-state index in [0.717, 1.165) is 6.08 Å². The van der Waals surface area contributed by atoms with Gasteiger partial charge in [0.05, 0.1) is 0 Å². The fraction of sp³-hybridized carbons (Fsp3) is 0.286. The average Bonchev–Trinajstić information content (AvgIpc) is 2.01. The van der Waals surface area contributed by atoms with Crippen LogP contribution >= 0.6 is 0 Å². The molecule has 6 nitrogen and oxygen atoms in total. The quantitative estimate of drug-likeness (QED) is 0.284. The van der Waals surface area contributed by atoms with Crippen molar-refractivity contribution in [3.63, 3.8) is 0 Å². The molecule has 0 fully saturated rings. The molecule has 70 valence electrons. The predicted molar refractivity (Wildman–Crippen MR) is 40.5 cm³/mol. The first-order valence-electron chi connectivity index (χ1n) is 3.25. The van der Waals surface area contributed by atoms with Crippen molar-refractivity contribution in [3.8, 4) is 0 Å². The number of hydrogen-bond donors (Lipinski definition) is 1. The number of carboxylic acids is 1. The monoisotopic (exact) mass is 185 g/mol. The van der Waals surface area contributed by atoms with Gasteiger partial charge in [0.25, 0.3) is 0 Å². The highest BCUT2D eigenvalue weighted by atomic mass is 16.6. The van der Waals surface area contributed by atoms with Crippen LogP contribution in [0.1, 0.15) is 6.92 Å². The van der Waals surface area contributed by atoms with Crippen LogP contribution < -0.4 is 0 Å². The second kappa shape index (κ2) is 5.68. The Bertz CT molecular complexity index is 277. The molecule has 0 amide bonds. The third-order valence-electron chi connectivity index (χ3n) is 0.883. The molecule has 0 saturated carbocycles. The van der Waals surface area contributed by atoms with Crippen molar-refractivity contribution in [2.75, 3.05) is 0 Å². The van der Waals surface area contributed by atoms with Crippen molar-refractivity contribution < 1.29 is 24.2 Å². The summed E-state index contributed by atoms with van der Waals surface area (Å²) in [5, 5.41) is 8.12. The molecule has 0 heterocycles. The third-order valence-corrected chi connectivity index (χ3v) is 0.883. The number of rotatable bonds is 4. The lowest BCUT2D eigenvalue weighted by atomic mass is 10.5. The summed E-state index contributed by atoms with van der Waals surface area (Å²) in [5.41, 5.74) is 0. The Morgan fingerprint density at radius 2 is 2.15 bits per heavy atom. The van der Waals surface area contributed by atoms with Crippen LogP contribution in [0.3, 0.4) is 0 Å². The van der Waals surface area contributed by atoms with Crippen LogP contribution in [0.15, 0.2) is 17.1 Å². The van der Waals surface area contributed by atoms with Crippen molar-refractivity contribution in [2.24, 2.45) is 4.99 Å². The number of carbonyl (C=O) groups is 2. The second-order valence-electron chi connectivity index (χ2n) is 1.93. The molecule has 0 aromatic rings. The Morgan fingerprint density at radius 1 is 1.54 bits per heavy atom. The van der Waals surface area contributed by atoms with E-state index in [1.165, 1.54) is 13.0 Å². The van der Waals surface area contributed by atoms with Gasteiger partial charge in [0, 0.05) is 12.2 Å². The van der Waals surface area contributed by atoms with Crippen molar-refractivity contribution >= 4 is 18.0 Å². The molecule has 6 heteroatoms. The van der Waals surface area contributed by atoms with E-state index in [1.54, 1.807) is 0 Å². The lowest BCUT2D eigenvalue weighted by Crippen LogP contribution is -2.10. The highest BCUT2D eigenvalue weighted by Crippen LogP contribution is 1.92. The Morgan fingerprint density at radius 3 is 2.62 bits per heavy atom. The minimum Gasteiger partial charge on any atom is -0.478 e. The van der Waals surface area contributed by atoms with Gasteiger partial charge in [0.2, 0.25) is 12.3 Å². The number of aliphatic carboxylic acids is 1. The molecule has 0 radical (unpaired) electrons. The Labute approximate surface area is 73.5 Å². The SMILES string of the molecule is CC(N=C=O)OC(=O)/C=C/C(=O)O. The van der Waals surface area contributed by atoms with E-state index in [4.69, 9.17) is 5.11 Å². The van der Waals surface area contributed by atoms with Gasteiger partial charge in [-0.2, -0.15) is 4.99 Å². The van der Waals surface area contributed by atoms with E-state index in [0.29, 0.717) is 6.08 Å². The maximum absolute atomic E-state index is 10.7. The maximum Gasteiger partial charge on any atom is 0.333 e. The number of aliphatic imine (C=N–C) groups is 1. The van der Waals surface area contributed by atoms with Crippen molar-refractivity contribution in [3.05, 3.63) is 12.2 Å². The number of hydrogen-bond acceptors (Lipinski definition) is 5. The van der Waals surface area contributed by atoms with Gasteiger partial charge in [-0.05, 0) is 6.92 Å². The average molecular weight is 185 g/mol. The zero-order valence-corrected chi connectivity index (χ0v) is 6.76. The normalized spacial score (nSPS) is 11.8. The van der Waals surface area contributed by atoms with E-state index in [2.05, 4.69) is 9.73 Å². The lowest BCUT2D eigenvalue weighted by molar-refractivity contribution is -0.142. The van der Waals surface area contributed by atoms with Crippen LogP contribution in [0.2, 0.25) is 0 Å². The number of nitrogens with zero attached hydrogens (tertiary/aromatic N) is 1.